The van der Waals surface area contributed by atoms with Crippen molar-refractivity contribution < 1.29 is 9.13 Å². The Morgan fingerprint density at radius 2 is 1.73 bits per heavy atom. The molecule has 4 nitrogen and oxygen atoms in total. The van der Waals surface area contributed by atoms with Gasteiger partial charge in [-0.3, -0.25) is 5.43 Å². The van der Waals surface area contributed by atoms with Gasteiger partial charge in [-0.15, -0.1) is 11.3 Å². The van der Waals surface area contributed by atoms with Crippen LogP contribution in [-0.4, -0.2) is 11.2 Å². The van der Waals surface area contributed by atoms with Crippen molar-refractivity contribution in [2.75, 3.05) is 5.43 Å². The first-order valence-corrected chi connectivity index (χ1v) is 10.3. The quantitative estimate of drug-likeness (QED) is 0.284. The number of ether oxygens (including phenoxy) is 1. The third-order valence-corrected chi connectivity index (χ3v) is 5.33. The summed E-state index contributed by atoms with van der Waals surface area (Å²) in [5, 5.41) is 5.02. The lowest BCUT2D eigenvalue weighted by Gasteiger charge is -2.07. The van der Waals surface area contributed by atoms with E-state index in [9.17, 15) is 4.39 Å². The van der Waals surface area contributed by atoms with E-state index in [0.717, 1.165) is 26.8 Å². The third-order valence-electron chi connectivity index (χ3n) is 4.45. The van der Waals surface area contributed by atoms with E-state index in [1.807, 2.05) is 54.6 Å². The first-order chi connectivity index (χ1) is 14.7. The van der Waals surface area contributed by atoms with Gasteiger partial charge in [-0.25, -0.2) is 9.37 Å². The van der Waals surface area contributed by atoms with E-state index in [-0.39, 0.29) is 12.4 Å². The van der Waals surface area contributed by atoms with Gasteiger partial charge in [0.2, 0.25) is 5.13 Å². The van der Waals surface area contributed by atoms with Crippen LogP contribution >= 0.6 is 11.3 Å². The molecule has 0 amide bonds. The van der Waals surface area contributed by atoms with Crippen LogP contribution in [0.15, 0.2) is 84.0 Å². The summed E-state index contributed by atoms with van der Waals surface area (Å²) in [4.78, 5) is 5.76. The summed E-state index contributed by atoms with van der Waals surface area (Å²) < 4.78 is 19.3. The highest BCUT2D eigenvalue weighted by atomic mass is 32.1. The number of aromatic nitrogens is 1. The number of anilines is 1. The molecule has 0 aliphatic heterocycles. The number of halogens is 1. The van der Waals surface area contributed by atoms with E-state index in [1.165, 1.54) is 6.07 Å². The molecule has 0 radical (unpaired) electrons. The van der Waals surface area contributed by atoms with Crippen LogP contribution in [0, 0.1) is 12.7 Å². The maximum Gasteiger partial charge on any atom is 0.204 e. The Hall–Kier alpha value is -3.51. The van der Waals surface area contributed by atoms with E-state index < -0.39 is 0 Å². The van der Waals surface area contributed by atoms with Crippen molar-refractivity contribution in [3.05, 3.63) is 101 Å². The fourth-order valence-electron chi connectivity index (χ4n) is 2.90. The Balaban J connectivity index is 1.34. The van der Waals surface area contributed by atoms with Crippen LogP contribution in [0.3, 0.4) is 0 Å². The molecule has 0 unspecified atom stereocenters. The molecule has 0 saturated heterocycles. The largest absolute Gasteiger partial charge is 0.489 e. The molecular formula is C24H20FN3OS. The van der Waals surface area contributed by atoms with Gasteiger partial charge in [-0.2, -0.15) is 5.10 Å². The van der Waals surface area contributed by atoms with Crippen molar-refractivity contribution >= 4 is 22.7 Å². The third kappa shape index (κ3) is 4.90. The number of hydrogen-bond acceptors (Lipinski definition) is 5. The Kier molecular flexibility index (Phi) is 6.15. The predicted octanol–water partition coefficient (Wildman–Crippen LogP) is 6.28. The predicted molar refractivity (Wildman–Crippen MR) is 121 cm³/mol. The molecule has 150 valence electrons. The van der Waals surface area contributed by atoms with Gasteiger partial charge in [0.25, 0.3) is 0 Å². The molecule has 0 spiro atoms. The molecule has 0 aliphatic carbocycles. The minimum Gasteiger partial charge on any atom is -0.489 e. The van der Waals surface area contributed by atoms with Gasteiger partial charge in [0.05, 0.1) is 11.9 Å². The lowest BCUT2D eigenvalue weighted by Crippen LogP contribution is -1.98. The molecule has 0 atom stereocenters. The van der Waals surface area contributed by atoms with Gasteiger partial charge >= 0.3 is 0 Å². The van der Waals surface area contributed by atoms with Gasteiger partial charge in [0.15, 0.2) is 0 Å². The maximum absolute atomic E-state index is 13.7. The van der Waals surface area contributed by atoms with Crippen LogP contribution in [0.1, 0.15) is 16.0 Å². The molecule has 3 aromatic carbocycles. The maximum atomic E-state index is 13.7. The molecule has 0 aliphatic rings. The highest BCUT2D eigenvalue weighted by Gasteiger charge is 2.08. The standard InChI is InChI=1S/C24H20FN3OS/c1-17-23(19-7-3-2-4-8-19)27-24(30-17)28-26-15-18-11-13-21(14-12-18)29-16-20-9-5-6-10-22(20)25/h2-15H,16H2,1H3,(H,27,28)/b26-15+. The number of nitrogens with one attached hydrogen (secondary N) is 1. The van der Waals surface area contributed by atoms with E-state index in [1.54, 1.807) is 35.8 Å². The molecule has 4 aromatic rings. The zero-order chi connectivity index (χ0) is 20.8. The van der Waals surface area contributed by atoms with Gasteiger partial charge < -0.3 is 4.74 Å². The monoisotopic (exact) mass is 417 g/mol. The van der Waals surface area contributed by atoms with Crippen LogP contribution in [0.5, 0.6) is 5.75 Å². The Morgan fingerprint density at radius 1 is 1.00 bits per heavy atom. The zero-order valence-corrected chi connectivity index (χ0v) is 17.2. The number of rotatable bonds is 7. The van der Waals surface area contributed by atoms with Crippen LogP contribution < -0.4 is 10.2 Å². The number of benzene rings is 3. The molecule has 0 saturated carbocycles. The molecule has 30 heavy (non-hydrogen) atoms. The lowest BCUT2D eigenvalue weighted by atomic mass is 10.1. The summed E-state index contributed by atoms with van der Waals surface area (Å²) in [7, 11) is 0. The topological polar surface area (TPSA) is 46.5 Å². The molecule has 1 N–H and O–H groups in total. The molecule has 0 bridgehead atoms. The Morgan fingerprint density at radius 3 is 2.50 bits per heavy atom. The van der Waals surface area contributed by atoms with Crippen molar-refractivity contribution in [3.8, 4) is 17.0 Å². The summed E-state index contributed by atoms with van der Waals surface area (Å²) in [6.45, 7) is 2.24. The average Bonchev–Trinajstić information content (AvgIpc) is 3.15. The van der Waals surface area contributed by atoms with Crippen LogP contribution in [0.4, 0.5) is 9.52 Å². The number of hydrogen-bond donors (Lipinski definition) is 1. The first kappa shape index (κ1) is 19.8. The number of thiazole rings is 1. The van der Waals surface area contributed by atoms with Crippen molar-refractivity contribution in [1.82, 2.24) is 4.98 Å². The Labute approximate surface area is 178 Å². The summed E-state index contributed by atoms with van der Waals surface area (Å²) in [6, 6.07) is 24.1. The highest BCUT2D eigenvalue weighted by Crippen LogP contribution is 2.30. The van der Waals surface area contributed by atoms with E-state index in [2.05, 4.69) is 22.4 Å². The summed E-state index contributed by atoms with van der Waals surface area (Å²) in [5.74, 6) is 0.409. The molecule has 1 heterocycles. The fraction of sp³-hybridized carbons (Fsp3) is 0.0833. The lowest BCUT2D eigenvalue weighted by molar-refractivity contribution is 0.300. The summed E-state index contributed by atoms with van der Waals surface area (Å²) >= 11 is 1.57. The first-order valence-electron chi connectivity index (χ1n) is 9.47. The Bertz CT molecular complexity index is 1140. The second-order valence-corrected chi connectivity index (χ2v) is 7.81. The van der Waals surface area contributed by atoms with Crippen molar-refractivity contribution in [2.45, 2.75) is 13.5 Å². The van der Waals surface area contributed by atoms with E-state index in [4.69, 9.17) is 4.74 Å². The molecule has 6 heteroatoms. The summed E-state index contributed by atoms with van der Waals surface area (Å²) in [6.07, 6.45) is 1.72. The normalized spacial score (nSPS) is 11.0. The fourth-order valence-corrected chi connectivity index (χ4v) is 3.68. The molecule has 0 fully saturated rings. The van der Waals surface area contributed by atoms with Crippen molar-refractivity contribution in [1.29, 1.82) is 0 Å². The van der Waals surface area contributed by atoms with Crippen LogP contribution in [0.2, 0.25) is 0 Å². The number of aryl methyl sites for hydroxylation is 1. The SMILES string of the molecule is Cc1sc(N/N=C/c2ccc(OCc3ccccc3F)cc2)nc1-c1ccccc1. The number of hydrazone groups is 1. The minimum atomic E-state index is -0.264. The van der Waals surface area contributed by atoms with Gasteiger partial charge in [0, 0.05) is 16.0 Å². The summed E-state index contributed by atoms with van der Waals surface area (Å²) in [5.41, 5.74) is 6.50. The van der Waals surface area contributed by atoms with Crippen molar-refractivity contribution in [2.24, 2.45) is 5.10 Å². The van der Waals surface area contributed by atoms with Gasteiger partial charge in [0.1, 0.15) is 18.2 Å². The molecule has 4 rings (SSSR count). The second kappa shape index (κ2) is 9.33. The van der Waals surface area contributed by atoms with Crippen LogP contribution in [-0.2, 0) is 6.61 Å². The van der Waals surface area contributed by atoms with Gasteiger partial charge in [-0.05, 0) is 42.8 Å². The highest BCUT2D eigenvalue weighted by molar-refractivity contribution is 7.15. The van der Waals surface area contributed by atoms with Gasteiger partial charge in [-0.1, -0.05) is 48.5 Å². The smallest absolute Gasteiger partial charge is 0.204 e. The number of nitrogens with zero attached hydrogens (tertiary/aromatic N) is 2. The van der Waals surface area contributed by atoms with Crippen LogP contribution in [0.25, 0.3) is 11.3 Å². The van der Waals surface area contributed by atoms with Crippen molar-refractivity contribution in [3.63, 3.8) is 0 Å². The zero-order valence-electron chi connectivity index (χ0n) is 16.4. The molecule has 1 aromatic heterocycles. The second-order valence-electron chi connectivity index (χ2n) is 6.61. The minimum absolute atomic E-state index is 0.189. The van der Waals surface area contributed by atoms with E-state index in [0.29, 0.717) is 11.3 Å². The average molecular weight is 418 g/mol. The van der Waals surface area contributed by atoms with E-state index >= 15 is 0 Å². The molecular weight excluding hydrogens is 397 g/mol.